The second-order valence-electron chi connectivity index (χ2n) is 16.3. The number of nitrogens with one attached hydrogen (secondary N) is 1. The van der Waals surface area contributed by atoms with Gasteiger partial charge < -0.3 is 20.6 Å². The first-order chi connectivity index (χ1) is 26.6. The molecule has 0 aliphatic rings. The predicted octanol–water partition coefficient (Wildman–Crippen LogP) is 13.9. The second kappa shape index (κ2) is 44.3. The van der Waals surface area contributed by atoms with Crippen molar-refractivity contribution in [3.63, 3.8) is 0 Å². The molecule has 0 aromatic carbocycles. The summed E-state index contributed by atoms with van der Waals surface area (Å²) in [5.41, 5.74) is 0. The summed E-state index contributed by atoms with van der Waals surface area (Å²) in [7, 11) is 0. The van der Waals surface area contributed by atoms with Gasteiger partial charge in [-0.25, -0.2) is 0 Å². The van der Waals surface area contributed by atoms with E-state index >= 15 is 0 Å². The number of aliphatic hydroxyl groups is 3. The zero-order chi connectivity index (χ0) is 39.4. The molecule has 4 N–H and O–H groups in total. The standard InChI is InChI=1S/C49H93NO4/c1-3-5-7-9-11-13-15-17-19-20-21-22-23-24-25-26-27-28-30-32-34-36-38-40-42-44-48(53)50-46(45-51)49(54)47(52)43-41-39-37-35-33-31-29-18-16-14-12-10-8-6-4-2/h21-22,24-25,35,37,46-47,49,51-52,54H,3-20,23,26-34,36,38-45H2,1-2H3,(H,50,53)/b22-21-,25-24-,37-35+. The van der Waals surface area contributed by atoms with Crippen LogP contribution in [0, 0.1) is 0 Å². The van der Waals surface area contributed by atoms with E-state index in [-0.39, 0.29) is 12.5 Å². The fourth-order valence-electron chi connectivity index (χ4n) is 7.25. The van der Waals surface area contributed by atoms with Gasteiger partial charge in [0.1, 0.15) is 6.10 Å². The lowest BCUT2D eigenvalue weighted by molar-refractivity contribution is -0.124. The molecule has 0 fully saturated rings. The van der Waals surface area contributed by atoms with Crippen LogP contribution in [0.1, 0.15) is 245 Å². The molecule has 54 heavy (non-hydrogen) atoms. The number of allylic oxidation sites excluding steroid dienone is 6. The molecule has 3 unspecified atom stereocenters. The Bertz CT molecular complexity index is 840. The fraction of sp³-hybridized carbons (Fsp3) is 0.857. The highest BCUT2D eigenvalue weighted by atomic mass is 16.3. The number of hydrogen-bond donors (Lipinski definition) is 4. The Morgan fingerprint density at radius 3 is 1.19 bits per heavy atom. The predicted molar refractivity (Wildman–Crippen MR) is 236 cm³/mol. The number of unbranched alkanes of at least 4 members (excludes halogenated alkanes) is 29. The van der Waals surface area contributed by atoms with Gasteiger partial charge in [0.2, 0.25) is 5.91 Å². The third-order valence-electron chi connectivity index (χ3n) is 11.0. The molecule has 5 heteroatoms. The zero-order valence-electron chi connectivity index (χ0n) is 36.1. The van der Waals surface area contributed by atoms with Crippen molar-refractivity contribution in [2.75, 3.05) is 6.61 Å². The van der Waals surface area contributed by atoms with Crippen molar-refractivity contribution in [2.45, 2.75) is 263 Å². The number of aliphatic hydroxyl groups excluding tert-OH is 3. The number of carbonyl (C=O) groups is 1. The monoisotopic (exact) mass is 760 g/mol. The van der Waals surface area contributed by atoms with Gasteiger partial charge in [0.05, 0.1) is 18.8 Å². The molecule has 318 valence electrons. The quantitative estimate of drug-likeness (QED) is 0.0368. The van der Waals surface area contributed by atoms with Crippen LogP contribution in [0.2, 0.25) is 0 Å². The fourth-order valence-corrected chi connectivity index (χ4v) is 7.25. The molecule has 0 heterocycles. The first-order valence-electron chi connectivity index (χ1n) is 23.8. The van der Waals surface area contributed by atoms with E-state index in [0.29, 0.717) is 12.8 Å². The van der Waals surface area contributed by atoms with E-state index in [1.54, 1.807) is 0 Å². The van der Waals surface area contributed by atoms with Crippen LogP contribution in [-0.2, 0) is 4.79 Å². The molecule has 0 radical (unpaired) electrons. The summed E-state index contributed by atoms with van der Waals surface area (Å²) >= 11 is 0. The summed E-state index contributed by atoms with van der Waals surface area (Å²) in [4.78, 5) is 12.4. The SMILES string of the molecule is CCCCCCCCCCC/C=C\C/C=C\CCCCCCCCCCCC(=O)NC(CO)C(O)C(O)CCC/C=C/CCCCCCCCCCCC. The maximum atomic E-state index is 12.4. The van der Waals surface area contributed by atoms with E-state index in [1.807, 2.05) is 0 Å². The normalized spacial score (nSPS) is 13.8. The molecule has 0 rings (SSSR count). The summed E-state index contributed by atoms with van der Waals surface area (Å²) < 4.78 is 0. The van der Waals surface area contributed by atoms with Gasteiger partial charge in [0.15, 0.2) is 0 Å². The molecule has 5 nitrogen and oxygen atoms in total. The van der Waals surface area contributed by atoms with E-state index in [9.17, 15) is 20.1 Å². The molecule has 0 aliphatic heterocycles. The van der Waals surface area contributed by atoms with Crippen molar-refractivity contribution in [1.82, 2.24) is 5.32 Å². The van der Waals surface area contributed by atoms with E-state index in [1.165, 1.54) is 173 Å². The highest BCUT2D eigenvalue weighted by Gasteiger charge is 2.26. The third-order valence-corrected chi connectivity index (χ3v) is 11.0. The zero-order valence-corrected chi connectivity index (χ0v) is 36.1. The maximum absolute atomic E-state index is 12.4. The highest BCUT2D eigenvalue weighted by molar-refractivity contribution is 5.76. The van der Waals surface area contributed by atoms with Crippen molar-refractivity contribution in [1.29, 1.82) is 0 Å². The summed E-state index contributed by atoms with van der Waals surface area (Å²) in [6.45, 7) is 4.17. The topological polar surface area (TPSA) is 89.8 Å². The van der Waals surface area contributed by atoms with Crippen molar-refractivity contribution in [2.24, 2.45) is 0 Å². The van der Waals surface area contributed by atoms with Crippen LogP contribution in [0.25, 0.3) is 0 Å². The van der Waals surface area contributed by atoms with E-state index < -0.39 is 18.2 Å². The Morgan fingerprint density at radius 1 is 0.463 bits per heavy atom. The lowest BCUT2D eigenvalue weighted by Gasteiger charge is -2.26. The van der Waals surface area contributed by atoms with Crippen LogP contribution < -0.4 is 5.32 Å². The van der Waals surface area contributed by atoms with Crippen LogP contribution in [0.4, 0.5) is 0 Å². The molecule has 0 aromatic rings. The van der Waals surface area contributed by atoms with Crippen LogP contribution in [-0.4, -0.2) is 46.1 Å². The van der Waals surface area contributed by atoms with Gasteiger partial charge in [-0.05, 0) is 70.6 Å². The molecule has 0 aromatic heterocycles. The van der Waals surface area contributed by atoms with Gasteiger partial charge in [-0.15, -0.1) is 0 Å². The Balaban J connectivity index is 3.63. The lowest BCUT2D eigenvalue weighted by atomic mass is 10.0. The highest BCUT2D eigenvalue weighted by Crippen LogP contribution is 2.15. The summed E-state index contributed by atoms with van der Waals surface area (Å²) in [6, 6.07) is -0.828. The second-order valence-corrected chi connectivity index (χ2v) is 16.3. The average Bonchev–Trinajstić information content (AvgIpc) is 3.18. The number of carbonyl (C=O) groups excluding carboxylic acids is 1. The van der Waals surface area contributed by atoms with E-state index in [0.717, 1.165) is 44.9 Å². The van der Waals surface area contributed by atoms with Crippen LogP contribution in [0.15, 0.2) is 36.5 Å². The van der Waals surface area contributed by atoms with Gasteiger partial charge in [0, 0.05) is 6.42 Å². The molecular formula is C49H93NO4. The minimum Gasteiger partial charge on any atom is -0.394 e. The van der Waals surface area contributed by atoms with Gasteiger partial charge in [-0.1, -0.05) is 204 Å². The maximum Gasteiger partial charge on any atom is 0.220 e. The third kappa shape index (κ3) is 38.8. The van der Waals surface area contributed by atoms with Gasteiger partial charge >= 0.3 is 0 Å². The van der Waals surface area contributed by atoms with Crippen molar-refractivity contribution in [3.05, 3.63) is 36.5 Å². The largest absolute Gasteiger partial charge is 0.394 e. The van der Waals surface area contributed by atoms with E-state index in [2.05, 4.69) is 55.6 Å². The first-order valence-corrected chi connectivity index (χ1v) is 23.8. The van der Waals surface area contributed by atoms with Crippen molar-refractivity contribution < 1.29 is 20.1 Å². The summed E-state index contributed by atoms with van der Waals surface area (Å²) in [5, 5.41) is 33.5. The molecule has 0 saturated heterocycles. The van der Waals surface area contributed by atoms with Crippen molar-refractivity contribution >= 4 is 5.91 Å². The molecular weight excluding hydrogens is 667 g/mol. The Labute approximate surface area is 336 Å². The minimum absolute atomic E-state index is 0.158. The number of amides is 1. The molecule has 1 amide bonds. The first kappa shape index (κ1) is 52.6. The molecule has 3 atom stereocenters. The smallest absolute Gasteiger partial charge is 0.220 e. The summed E-state index contributed by atoms with van der Waals surface area (Å²) in [6.07, 6.45) is 55.5. The molecule has 0 spiro atoms. The number of rotatable bonds is 43. The molecule has 0 bridgehead atoms. The van der Waals surface area contributed by atoms with Crippen LogP contribution in [0.3, 0.4) is 0 Å². The van der Waals surface area contributed by atoms with Gasteiger partial charge in [-0.2, -0.15) is 0 Å². The van der Waals surface area contributed by atoms with E-state index in [4.69, 9.17) is 0 Å². The van der Waals surface area contributed by atoms with Crippen LogP contribution in [0.5, 0.6) is 0 Å². The van der Waals surface area contributed by atoms with Crippen LogP contribution >= 0.6 is 0 Å². The Morgan fingerprint density at radius 2 is 0.796 bits per heavy atom. The number of hydrogen-bond acceptors (Lipinski definition) is 4. The Hall–Kier alpha value is -1.43. The molecule has 0 saturated carbocycles. The van der Waals surface area contributed by atoms with Gasteiger partial charge in [-0.3, -0.25) is 4.79 Å². The minimum atomic E-state index is -1.16. The lowest BCUT2D eigenvalue weighted by Crippen LogP contribution is -2.50. The Kier molecular flexibility index (Phi) is 43.1. The van der Waals surface area contributed by atoms with Crippen molar-refractivity contribution in [3.8, 4) is 0 Å². The van der Waals surface area contributed by atoms with Gasteiger partial charge in [0.25, 0.3) is 0 Å². The average molecular weight is 760 g/mol. The molecule has 0 aliphatic carbocycles. The summed E-state index contributed by atoms with van der Waals surface area (Å²) in [5.74, 6) is -0.158.